The minimum atomic E-state index is -0.742. The summed E-state index contributed by atoms with van der Waals surface area (Å²) in [6, 6.07) is 6.20. The Morgan fingerprint density at radius 2 is 1.96 bits per heavy atom. The summed E-state index contributed by atoms with van der Waals surface area (Å²) in [5.74, 6) is 0.507. The Hall–Kier alpha value is -2.28. The first kappa shape index (κ1) is 19.1. The summed E-state index contributed by atoms with van der Waals surface area (Å²) in [6.45, 7) is 6.14. The van der Waals surface area contributed by atoms with E-state index in [1.165, 1.54) is 12.1 Å². The minimum Gasteiger partial charge on any atom is -0.344 e. The van der Waals surface area contributed by atoms with Crippen LogP contribution in [0.2, 0.25) is 0 Å². The highest BCUT2D eigenvalue weighted by atomic mass is 19.1. The fourth-order valence-electron chi connectivity index (χ4n) is 2.49. The maximum Gasteiger partial charge on any atom is 0.240 e. The van der Waals surface area contributed by atoms with Gasteiger partial charge in [-0.2, -0.15) is 4.98 Å². The summed E-state index contributed by atoms with van der Waals surface area (Å²) in [5, 5.41) is 6.91. The van der Waals surface area contributed by atoms with Crippen LogP contribution in [0.5, 0.6) is 0 Å². The van der Waals surface area contributed by atoms with E-state index in [9.17, 15) is 9.18 Å². The van der Waals surface area contributed by atoms with E-state index in [0.717, 1.165) is 5.56 Å². The van der Waals surface area contributed by atoms with Gasteiger partial charge in [-0.3, -0.25) is 4.79 Å². The molecule has 0 aliphatic carbocycles. The van der Waals surface area contributed by atoms with Crippen molar-refractivity contribution in [3.05, 3.63) is 47.4 Å². The molecule has 136 valence electrons. The van der Waals surface area contributed by atoms with Crippen molar-refractivity contribution < 1.29 is 13.7 Å². The van der Waals surface area contributed by atoms with E-state index in [0.29, 0.717) is 18.3 Å². The van der Waals surface area contributed by atoms with Crippen LogP contribution in [-0.2, 0) is 16.9 Å². The van der Waals surface area contributed by atoms with E-state index in [4.69, 9.17) is 4.52 Å². The van der Waals surface area contributed by atoms with Gasteiger partial charge in [-0.25, -0.2) is 4.39 Å². The molecule has 0 aliphatic rings. The van der Waals surface area contributed by atoms with E-state index in [-0.39, 0.29) is 24.1 Å². The minimum absolute atomic E-state index is 0.0222. The third-order valence-electron chi connectivity index (χ3n) is 3.86. The Balaban J connectivity index is 1.98. The molecule has 1 N–H and O–H groups in total. The number of benzene rings is 1. The van der Waals surface area contributed by atoms with E-state index < -0.39 is 5.54 Å². The number of carbonyl (C=O) groups excluding carboxylic acids is 1. The third kappa shape index (κ3) is 5.35. The highest BCUT2D eigenvalue weighted by molar-refractivity contribution is 5.77. The molecule has 0 fully saturated rings. The number of carbonyl (C=O) groups is 1. The molecule has 0 saturated heterocycles. The third-order valence-corrected chi connectivity index (χ3v) is 3.86. The number of nitrogens with zero attached hydrogens (tertiary/aromatic N) is 3. The summed E-state index contributed by atoms with van der Waals surface area (Å²) >= 11 is 0. The second kappa shape index (κ2) is 7.74. The number of hydrogen-bond donors (Lipinski definition) is 1. The summed E-state index contributed by atoms with van der Waals surface area (Å²) in [7, 11) is 3.82. The molecule has 25 heavy (non-hydrogen) atoms. The zero-order chi connectivity index (χ0) is 18.6. The van der Waals surface area contributed by atoms with Crippen LogP contribution in [0.4, 0.5) is 4.39 Å². The van der Waals surface area contributed by atoms with Crippen LogP contribution in [-0.4, -0.2) is 35.0 Å². The molecule has 2 aromatic rings. The fraction of sp³-hybridized carbons (Fsp3) is 0.500. The lowest BCUT2D eigenvalue weighted by atomic mass is 9.96. The summed E-state index contributed by atoms with van der Waals surface area (Å²) in [4.78, 5) is 18.7. The summed E-state index contributed by atoms with van der Waals surface area (Å²) in [5.41, 5.74) is 0.176. The predicted molar refractivity (Wildman–Crippen MR) is 92.3 cm³/mol. The van der Waals surface area contributed by atoms with Gasteiger partial charge in [0.2, 0.25) is 11.8 Å². The van der Waals surface area contributed by atoms with Crippen LogP contribution >= 0.6 is 0 Å². The summed E-state index contributed by atoms with van der Waals surface area (Å²) in [6.07, 6.45) is 0.289. The molecule has 7 heteroatoms. The molecule has 0 bridgehead atoms. The topological polar surface area (TPSA) is 71.3 Å². The van der Waals surface area contributed by atoms with Gasteiger partial charge in [-0.05, 0) is 51.6 Å². The number of rotatable bonds is 7. The molecule has 6 nitrogen and oxygen atoms in total. The van der Waals surface area contributed by atoms with Crippen molar-refractivity contribution in [3.8, 4) is 0 Å². The molecular formula is C18H25FN4O2. The SMILES string of the molecule is C[C@@H](CC(=O)NC(C)(C)c1noc(CN(C)C)n1)c1ccc(F)cc1. The second-order valence-corrected chi connectivity index (χ2v) is 7.08. The van der Waals surface area contributed by atoms with Gasteiger partial charge < -0.3 is 14.7 Å². The van der Waals surface area contributed by atoms with E-state index in [2.05, 4.69) is 15.5 Å². The number of hydrogen-bond acceptors (Lipinski definition) is 5. The molecule has 0 spiro atoms. The molecule has 1 atom stereocenters. The summed E-state index contributed by atoms with van der Waals surface area (Å²) < 4.78 is 18.2. The van der Waals surface area contributed by atoms with Crippen molar-refractivity contribution in [2.24, 2.45) is 0 Å². The molecule has 2 rings (SSSR count). The first-order valence-corrected chi connectivity index (χ1v) is 8.21. The molecule has 1 aromatic heterocycles. The van der Waals surface area contributed by atoms with E-state index >= 15 is 0 Å². The monoisotopic (exact) mass is 348 g/mol. The van der Waals surface area contributed by atoms with Crippen LogP contribution in [0.1, 0.15) is 50.4 Å². The predicted octanol–water partition coefficient (Wildman–Crippen LogP) is 2.82. The van der Waals surface area contributed by atoms with Gasteiger partial charge in [0.05, 0.1) is 12.1 Å². The number of aromatic nitrogens is 2. The molecule has 1 amide bonds. The first-order chi connectivity index (χ1) is 11.7. The molecular weight excluding hydrogens is 323 g/mol. The maximum absolute atomic E-state index is 13.0. The van der Waals surface area contributed by atoms with Gasteiger partial charge in [-0.1, -0.05) is 24.2 Å². The fourth-order valence-corrected chi connectivity index (χ4v) is 2.49. The van der Waals surface area contributed by atoms with Crippen LogP contribution in [0, 0.1) is 5.82 Å². The molecule has 0 aliphatic heterocycles. The lowest BCUT2D eigenvalue weighted by Crippen LogP contribution is -2.42. The average molecular weight is 348 g/mol. The Morgan fingerprint density at radius 3 is 2.56 bits per heavy atom. The molecule has 0 radical (unpaired) electrons. The Bertz CT molecular complexity index is 710. The standard InChI is InChI=1S/C18H25FN4O2/c1-12(13-6-8-14(19)9-7-13)10-15(24)21-18(2,3)17-20-16(25-22-17)11-23(4)5/h6-9,12H,10-11H2,1-5H3,(H,21,24)/t12-/m0/s1. The lowest BCUT2D eigenvalue weighted by molar-refractivity contribution is -0.123. The Morgan fingerprint density at radius 1 is 1.32 bits per heavy atom. The van der Waals surface area contributed by atoms with E-state index in [1.807, 2.05) is 39.8 Å². The zero-order valence-corrected chi connectivity index (χ0v) is 15.3. The van der Waals surface area contributed by atoms with Crippen molar-refractivity contribution >= 4 is 5.91 Å². The molecule has 0 saturated carbocycles. The smallest absolute Gasteiger partial charge is 0.240 e. The number of halogens is 1. The average Bonchev–Trinajstić information content (AvgIpc) is 2.95. The normalized spacial score (nSPS) is 13.1. The maximum atomic E-state index is 13.0. The van der Waals surface area contributed by atoms with Gasteiger partial charge in [-0.15, -0.1) is 0 Å². The van der Waals surface area contributed by atoms with Crippen molar-refractivity contribution in [1.82, 2.24) is 20.4 Å². The van der Waals surface area contributed by atoms with Gasteiger partial charge in [0.15, 0.2) is 5.82 Å². The van der Waals surface area contributed by atoms with Crippen molar-refractivity contribution in [2.45, 2.75) is 45.2 Å². The highest BCUT2D eigenvalue weighted by Gasteiger charge is 2.29. The van der Waals surface area contributed by atoms with Gasteiger partial charge in [0, 0.05) is 6.42 Å². The van der Waals surface area contributed by atoms with E-state index in [1.54, 1.807) is 12.1 Å². The molecule has 0 unspecified atom stereocenters. The van der Waals surface area contributed by atoms with Crippen LogP contribution in [0.25, 0.3) is 0 Å². The highest BCUT2D eigenvalue weighted by Crippen LogP contribution is 2.22. The Labute approximate surface area is 147 Å². The molecule has 1 aromatic carbocycles. The van der Waals surface area contributed by atoms with Crippen LogP contribution < -0.4 is 5.32 Å². The Kier molecular flexibility index (Phi) is 5.89. The largest absolute Gasteiger partial charge is 0.344 e. The van der Waals surface area contributed by atoms with Crippen LogP contribution in [0.15, 0.2) is 28.8 Å². The van der Waals surface area contributed by atoms with Gasteiger partial charge >= 0.3 is 0 Å². The molecule has 1 heterocycles. The van der Waals surface area contributed by atoms with Gasteiger partial charge in [0.25, 0.3) is 0 Å². The first-order valence-electron chi connectivity index (χ1n) is 8.21. The quantitative estimate of drug-likeness (QED) is 0.833. The van der Waals surface area contributed by atoms with Crippen molar-refractivity contribution in [3.63, 3.8) is 0 Å². The van der Waals surface area contributed by atoms with Crippen molar-refractivity contribution in [1.29, 1.82) is 0 Å². The number of nitrogens with one attached hydrogen (secondary N) is 1. The number of amides is 1. The van der Waals surface area contributed by atoms with Crippen LogP contribution in [0.3, 0.4) is 0 Å². The van der Waals surface area contributed by atoms with Crippen molar-refractivity contribution in [2.75, 3.05) is 14.1 Å². The lowest BCUT2D eigenvalue weighted by Gasteiger charge is -2.23. The zero-order valence-electron chi connectivity index (χ0n) is 15.3. The van der Waals surface area contributed by atoms with Gasteiger partial charge in [0.1, 0.15) is 5.82 Å². The second-order valence-electron chi connectivity index (χ2n) is 7.08.